The number of hydrogen-bond donors (Lipinski definition) is 1. The molecule has 2 heterocycles. The van der Waals surface area contributed by atoms with Crippen molar-refractivity contribution in [1.29, 1.82) is 0 Å². The zero-order chi connectivity index (χ0) is 8.84. The van der Waals surface area contributed by atoms with Crippen LogP contribution in [0.3, 0.4) is 0 Å². The van der Waals surface area contributed by atoms with Gasteiger partial charge in [-0.05, 0) is 12.1 Å². The van der Waals surface area contributed by atoms with Gasteiger partial charge in [-0.3, -0.25) is 4.79 Å². The van der Waals surface area contributed by atoms with E-state index in [-0.39, 0.29) is 5.91 Å². The van der Waals surface area contributed by atoms with E-state index in [2.05, 4.69) is 15.0 Å². The summed E-state index contributed by atoms with van der Waals surface area (Å²) in [5, 5.41) is 0. The molecule has 1 aliphatic rings. The monoisotopic (exact) mass is 171 g/mol. The van der Waals surface area contributed by atoms with Crippen LogP contribution in [0, 0.1) is 0 Å². The maximum absolute atomic E-state index is 11.2. The minimum absolute atomic E-state index is 0.181. The summed E-state index contributed by atoms with van der Waals surface area (Å²) in [4.78, 5) is 21.9. The van der Waals surface area contributed by atoms with Crippen LogP contribution in [0.1, 0.15) is 15.9 Å². The van der Waals surface area contributed by atoms with Crippen LogP contribution in [0.2, 0.25) is 0 Å². The normalized spacial score (nSPS) is 14.0. The van der Waals surface area contributed by atoms with E-state index in [1.54, 1.807) is 18.6 Å². The molecule has 0 radical (unpaired) electrons. The van der Waals surface area contributed by atoms with Crippen molar-refractivity contribution in [3.63, 3.8) is 0 Å². The molecule has 0 aliphatic carbocycles. The second-order valence-corrected chi connectivity index (χ2v) is 2.92. The smallest absolute Gasteiger partial charge is 0.277 e. The fourth-order valence-electron chi connectivity index (χ4n) is 1.49. The van der Waals surface area contributed by atoms with Gasteiger partial charge in [0.05, 0.1) is 22.9 Å². The molecule has 4 heteroatoms. The third-order valence-electron chi connectivity index (χ3n) is 2.14. The van der Waals surface area contributed by atoms with E-state index in [4.69, 9.17) is 0 Å². The van der Waals surface area contributed by atoms with E-state index >= 15 is 0 Å². The van der Waals surface area contributed by atoms with Crippen LogP contribution < -0.4 is 0 Å². The lowest BCUT2D eigenvalue weighted by Gasteiger charge is -1.94. The molecule has 0 bridgehead atoms. The Balaban J connectivity index is 2.44. The number of nitrogens with zero attached hydrogens (tertiary/aromatic N) is 2. The van der Waals surface area contributed by atoms with Crippen LogP contribution >= 0.6 is 0 Å². The van der Waals surface area contributed by atoms with Crippen LogP contribution in [0.25, 0.3) is 11.0 Å². The van der Waals surface area contributed by atoms with Crippen molar-refractivity contribution in [1.82, 2.24) is 9.97 Å². The number of nitrogens with one attached hydrogen (secondary N) is 1. The Hall–Kier alpha value is -1.97. The van der Waals surface area contributed by atoms with Crippen molar-refractivity contribution in [2.45, 2.75) is 0 Å². The maximum Gasteiger partial charge on any atom is 0.277 e. The zero-order valence-corrected chi connectivity index (χ0v) is 6.61. The van der Waals surface area contributed by atoms with Crippen LogP contribution in [0.4, 0.5) is 0 Å². The molecule has 0 fully saturated rings. The Morgan fingerprint density at radius 2 is 2.23 bits per heavy atom. The predicted molar refractivity (Wildman–Crippen MR) is 48.0 cm³/mol. The highest BCUT2D eigenvalue weighted by Gasteiger charge is 2.16. The Morgan fingerprint density at radius 1 is 1.31 bits per heavy atom. The molecule has 0 atom stereocenters. The number of hydrogen-bond acceptors (Lipinski definition) is 2. The molecule has 0 saturated carbocycles. The van der Waals surface area contributed by atoms with Gasteiger partial charge in [0.1, 0.15) is 0 Å². The summed E-state index contributed by atoms with van der Waals surface area (Å²) < 4.78 is 0. The molecule has 62 valence electrons. The van der Waals surface area contributed by atoms with E-state index in [0.717, 1.165) is 16.6 Å². The molecule has 2 aromatic rings. The van der Waals surface area contributed by atoms with Gasteiger partial charge >= 0.3 is 0 Å². The number of carbonyl (C=O) groups excluding carboxylic acids is 1. The van der Waals surface area contributed by atoms with Crippen LogP contribution in [0.15, 0.2) is 23.5 Å². The summed E-state index contributed by atoms with van der Waals surface area (Å²) in [6.45, 7) is 0. The second kappa shape index (κ2) is 2.04. The largest absolute Gasteiger partial charge is 0.345 e. The second-order valence-electron chi connectivity index (χ2n) is 2.92. The van der Waals surface area contributed by atoms with Crippen LogP contribution in [0.5, 0.6) is 0 Å². The molecule has 3 rings (SSSR count). The molecule has 1 N–H and O–H groups in total. The van der Waals surface area contributed by atoms with Crippen molar-refractivity contribution < 1.29 is 4.79 Å². The zero-order valence-electron chi connectivity index (χ0n) is 6.61. The minimum atomic E-state index is -0.181. The highest BCUT2D eigenvalue weighted by Crippen LogP contribution is 2.20. The molecule has 1 aromatic heterocycles. The van der Waals surface area contributed by atoms with Gasteiger partial charge in [0.15, 0.2) is 0 Å². The topological polar surface area (TPSA) is 58.1 Å². The number of fused-ring (bicyclic) bond motifs is 2. The molecule has 0 unspecified atom stereocenters. The van der Waals surface area contributed by atoms with E-state index in [1.807, 2.05) is 6.07 Å². The number of imidazole rings is 1. The fraction of sp³-hybridized carbons (Fsp3) is 0. The molecule has 4 nitrogen and oxygen atoms in total. The summed E-state index contributed by atoms with van der Waals surface area (Å²) in [6, 6.07) is 3.64. The number of amides is 1. The molecule has 1 aliphatic heterocycles. The maximum atomic E-state index is 11.2. The number of rotatable bonds is 0. The average molecular weight is 171 g/mol. The molecular weight excluding hydrogens is 166 g/mol. The van der Waals surface area contributed by atoms with Gasteiger partial charge < -0.3 is 4.98 Å². The number of aromatic nitrogens is 2. The standard InChI is InChI=1S/C9H5N3O/c13-9-6-2-8-7(11-4-12-8)1-5(6)3-10-9/h1-4H,(H,11,12). The quantitative estimate of drug-likeness (QED) is 0.646. The fourth-order valence-corrected chi connectivity index (χ4v) is 1.49. The molecule has 1 aromatic carbocycles. The van der Waals surface area contributed by atoms with E-state index in [0.29, 0.717) is 5.56 Å². The average Bonchev–Trinajstić information content (AvgIpc) is 2.70. The highest BCUT2D eigenvalue weighted by atomic mass is 16.1. The summed E-state index contributed by atoms with van der Waals surface area (Å²) in [5.41, 5.74) is 3.24. The van der Waals surface area contributed by atoms with Gasteiger partial charge in [0, 0.05) is 11.8 Å². The van der Waals surface area contributed by atoms with E-state index in [1.165, 1.54) is 0 Å². The Bertz CT molecular complexity index is 539. The third-order valence-corrected chi connectivity index (χ3v) is 2.14. The Morgan fingerprint density at radius 3 is 3.15 bits per heavy atom. The van der Waals surface area contributed by atoms with Crippen LogP contribution in [-0.2, 0) is 0 Å². The number of benzene rings is 1. The summed E-state index contributed by atoms with van der Waals surface area (Å²) >= 11 is 0. The van der Waals surface area contributed by atoms with E-state index in [9.17, 15) is 4.79 Å². The first kappa shape index (κ1) is 6.54. The first-order valence-corrected chi connectivity index (χ1v) is 3.90. The van der Waals surface area contributed by atoms with Gasteiger partial charge in [-0.1, -0.05) is 0 Å². The first-order chi connectivity index (χ1) is 6.34. The van der Waals surface area contributed by atoms with Crippen LogP contribution in [-0.4, -0.2) is 22.1 Å². The summed E-state index contributed by atoms with van der Waals surface area (Å²) in [6.07, 6.45) is 3.19. The van der Waals surface area contributed by atoms with Gasteiger partial charge in [-0.2, -0.15) is 0 Å². The molecule has 13 heavy (non-hydrogen) atoms. The highest BCUT2D eigenvalue weighted by molar-refractivity contribution is 6.14. The molecular formula is C9H5N3O. The van der Waals surface area contributed by atoms with Gasteiger partial charge in [0.2, 0.25) is 0 Å². The van der Waals surface area contributed by atoms with Crippen molar-refractivity contribution >= 4 is 23.2 Å². The molecule has 0 saturated heterocycles. The minimum Gasteiger partial charge on any atom is -0.345 e. The van der Waals surface area contributed by atoms with Crippen molar-refractivity contribution in [2.75, 3.05) is 0 Å². The lowest BCUT2D eigenvalue weighted by atomic mass is 10.1. The Labute approximate surface area is 73.3 Å². The van der Waals surface area contributed by atoms with Crippen molar-refractivity contribution in [3.8, 4) is 0 Å². The number of carbonyl (C=O) groups is 1. The van der Waals surface area contributed by atoms with Gasteiger partial charge in [-0.25, -0.2) is 9.98 Å². The van der Waals surface area contributed by atoms with Crippen molar-refractivity contribution in [2.24, 2.45) is 4.99 Å². The molecule has 0 spiro atoms. The van der Waals surface area contributed by atoms with Gasteiger partial charge in [0.25, 0.3) is 5.91 Å². The SMILES string of the molecule is O=C1N=Cc2cc3[nH]cnc3cc21. The van der Waals surface area contributed by atoms with Crippen molar-refractivity contribution in [3.05, 3.63) is 29.6 Å². The number of aromatic amines is 1. The predicted octanol–water partition coefficient (Wildman–Crippen LogP) is 1.14. The van der Waals surface area contributed by atoms with Gasteiger partial charge in [-0.15, -0.1) is 0 Å². The first-order valence-electron chi connectivity index (χ1n) is 3.90. The summed E-state index contributed by atoms with van der Waals surface area (Å²) in [5.74, 6) is -0.181. The third kappa shape index (κ3) is 0.767. The number of aliphatic imine (C=N–C) groups is 1. The van der Waals surface area contributed by atoms with E-state index < -0.39 is 0 Å². The summed E-state index contributed by atoms with van der Waals surface area (Å²) in [7, 11) is 0. The Kier molecular flexibility index (Phi) is 1.02. The number of H-pyrrole nitrogens is 1. The lowest BCUT2D eigenvalue weighted by Crippen LogP contribution is -1.91. The molecule has 1 amide bonds. The lowest BCUT2D eigenvalue weighted by molar-refractivity contribution is 0.101.